The summed E-state index contributed by atoms with van der Waals surface area (Å²) in [4.78, 5) is 8.04. The number of anilines is 1. The van der Waals surface area contributed by atoms with Crippen molar-refractivity contribution in [2.45, 2.75) is 0 Å². The second kappa shape index (κ2) is 5.42. The number of nitrogens with two attached hydrogens (primary N) is 1. The molecule has 23 heavy (non-hydrogen) atoms. The van der Waals surface area contributed by atoms with Gasteiger partial charge in [-0.25, -0.2) is 9.97 Å². The highest BCUT2D eigenvalue weighted by molar-refractivity contribution is 5.97. The lowest BCUT2D eigenvalue weighted by atomic mass is 10.1. The van der Waals surface area contributed by atoms with Crippen LogP contribution in [0.15, 0.2) is 60.9 Å². The molecular formula is C17H13N5O. The topological polar surface area (TPSA) is 89.7 Å². The second-order valence-corrected chi connectivity index (χ2v) is 4.95. The predicted octanol–water partition coefficient (Wildman–Crippen LogP) is 3.39. The van der Waals surface area contributed by atoms with Crippen molar-refractivity contribution in [3.05, 3.63) is 60.9 Å². The number of hydrogen-bond donors (Lipinski definition) is 2. The largest absolute Gasteiger partial charge is 0.457 e. The van der Waals surface area contributed by atoms with Gasteiger partial charge < -0.3 is 10.5 Å². The van der Waals surface area contributed by atoms with E-state index in [-0.39, 0.29) is 0 Å². The molecule has 2 aromatic heterocycles. The van der Waals surface area contributed by atoms with E-state index in [0.717, 1.165) is 16.4 Å². The van der Waals surface area contributed by atoms with E-state index in [1.54, 1.807) is 0 Å². The van der Waals surface area contributed by atoms with Gasteiger partial charge in [0.25, 0.3) is 0 Å². The minimum absolute atomic E-state index is 0.304. The van der Waals surface area contributed by atoms with Gasteiger partial charge in [0.2, 0.25) is 0 Å². The van der Waals surface area contributed by atoms with Crippen LogP contribution in [-0.2, 0) is 0 Å². The smallest absolute Gasteiger partial charge is 0.192 e. The third-order valence-corrected chi connectivity index (χ3v) is 3.44. The Bertz CT molecular complexity index is 999. The molecule has 0 aliphatic carbocycles. The van der Waals surface area contributed by atoms with Crippen LogP contribution in [0.2, 0.25) is 1.41 Å². The van der Waals surface area contributed by atoms with Gasteiger partial charge in [0.05, 0.1) is 5.39 Å². The molecule has 2 aromatic carbocycles. The maximum absolute atomic E-state index is 7.86. The van der Waals surface area contributed by atoms with E-state index in [0.29, 0.717) is 28.3 Å². The van der Waals surface area contributed by atoms with Gasteiger partial charge in [-0.15, -0.1) is 0 Å². The third-order valence-electron chi connectivity index (χ3n) is 3.44. The summed E-state index contributed by atoms with van der Waals surface area (Å²) in [5, 5.41) is 5.72. The number of hydrogen-bond acceptors (Lipinski definition) is 5. The van der Waals surface area contributed by atoms with Gasteiger partial charge in [0.1, 0.15) is 29.3 Å². The minimum Gasteiger partial charge on any atom is -0.457 e. The predicted molar refractivity (Wildman–Crippen MR) is 88.0 cm³/mol. The summed E-state index contributed by atoms with van der Waals surface area (Å²) in [5.41, 5.74) is 7.69. The first kappa shape index (κ1) is 12.2. The molecule has 0 bridgehead atoms. The first-order valence-corrected chi connectivity index (χ1v) is 7.04. The monoisotopic (exact) mass is 304 g/mol. The highest BCUT2D eigenvalue weighted by Gasteiger charge is 2.12. The zero-order chi connectivity index (χ0) is 16.5. The van der Waals surface area contributed by atoms with Crippen molar-refractivity contribution >= 4 is 16.9 Å². The normalized spacial score (nSPS) is 11.4. The molecule has 3 N–H and O–H groups in total. The quantitative estimate of drug-likeness (QED) is 0.605. The van der Waals surface area contributed by atoms with E-state index in [2.05, 4.69) is 15.1 Å². The number of para-hydroxylation sites is 1. The third kappa shape index (κ3) is 2.46. The number of nitrogens with one attached hydrogen (secondary N) is 1. The molecular weight excluding hydrogens is 290 g/mol. The Hall–Kier alpha value is -3.41. The molecule has 0 atom stereocenters. The zero-order valence-corrected chi connectivity index (χ0v) is 12.0. The molecule has 4 rings (SSSR count). The average molecular weight is 304 g/mol. The molecule has 0 radical (unpaired) electrons. The molecule has 6 heteroatoms. The van der Waals surface area contributed by atoms with Crippen LogP contribution < -0.4 is 10.5 Å². The molecule has 6 nitrogen and oxygen atoms in total. The Labute approximate surface area is 133 Å². The minimum atomic E-state index is 0.304. The summed E-state index contributed by atoms with van der Waals surface area (Å²) < 4.78 is 13.6. The van der Waals surface area contributed by atoms with Gasteiger partial charge in [0, 0.05) is 5.56 Å². The maximum Gasteiger partial charge on any atom is 0.192 e. The lowest BCUT2D eigenvalue weighted by Crippen LogP contribution is -1.92. The fraction of sp³-hybridized carbons (Fsp3) is 0. The summed E-state index contributed by atoms with van der Waals surface area (Å²) in [5.74, 6) is 1.78. The second-order valence-electron chi connectivity index (χ2n) is 4.95. The molecule has 0 aliphatic heterocycles. The molecule has 112 valence electrons. The molecule has 0 aliphatic rings. The van der Waals surface area contributed by atoms with Gasteiger partial charge in [0.15, 0.2) is 7.06 Å². The number of ether oxygens (including phenoxy) is 1. The van der Waals surface area contributed by atoms with Crippen molar-refractivity contribution in [2.24, 2.45) is 0 Å². The summed E-state index contributed by atoms with van der Waals surface area (Å²) in [6, 6.07) is 17.0. The number of fused-ring (bicyclic) bond motifs is 1. The van der Waals surface area contributed by atoms with Gasteiger partial charge in [-0.1, -0.05) is 18.2 Å². The summed E-state index contributed by atoms with van der Waals surface area (Å²) in [6.07, 6.45) is 1.32. The van der Waals surface area contributed by atoms with Crippen LogP contribution in [-0.4, -0.2) is 20.2 Å². The van der Waals surface area contributed by atoms with Gasteiger partial charge >= 0.3 is 0 Å². The van der Waals surface area contributed by atoms with Crippen LogP contribution in [0.5, 0.6) is 11.5 Å². The van der Waals surface area contributed by atoms with Crippen LogP contribution in [0.1, 0.15) is 0 Å². The SMILES string of the molecule is [2H]n1nc(-c2ccc(Oc3ccccc3)cc2)c2c(N)ncnc21. The highest BCUT2D eigenvalue weighted by Crippen LogP contribution is 2.30. The number of nitrogens with zero attached hydrogens (tertiary/aromatic N) is 3. The first-order valence-electron chi connectivity index (χ1n) is 7.49. The number of benzene rings is 2. The molecule has 2 heterocycles. The highest BCUT2D eigenvalue weighted by atomic mass is 16.5. The number of aromatic amines is 1. The van der Waals surface area contributed by atoms with E-state index in [1.165, 1.54) is 6.33 Å². The number of aromatic nitrogens is 4. The van der Waals surface area contributed by atoms with Crippen molar-refractivity contribution in [1.29, 1.82) is 0 Å². The lowest BCUT2D eigenvalue weighted by Gasteiger charge is -2.06. The Morgan fingerprint density at radius 3 is 2.48 bits per heavy atom. The fourth-order valence-corrected chi connectivity index (χ4v) is 2.35. The summed E-state index contributed by atoms with van der Waals surface area (Å²) in [7, 11) is 0. The summed E-state index contributed by atoms with van der Waals surface area (Å²) in [6.45, 7) is 0. The number of rotatable bonds is 3. The molecule has 0 fully saturated rings. The van der Waals surface area contributed by atoms with Crippen molar-refractivity contribution in [3.63, 3.8) is 0 Å². The maximum atomic E-state index is 7.86. The van der Waals surface area contributed by atoms with Crippen LogP contribution in [0, 0.1) is 0 Å². The van der Waals surface area contributed by atoms with E-state index in [9.17, 15) is 0 Å². The van der Waals surface area contributed by atoms with Crippen LogP contribution in [0.4, 0.5) is 5.82 Å². The average Bonchev–Trinajstić information content (AvgIpc) is 2.95. The number of nitrogen functional groups attached to an aromatic ring is 1. The van der Waals surface area contributed by atoms with Crippen LogP contribution >= 0.6 is 0 Å². The standard InChI is InChI=1S/C17H13N5O/c18-16-14-15(21-22-17(14)20-10-19-16)11-6-8-13(9-7-11)23-12-4-2-1-3-5-12/h1-10H,(H3,18,19,20,21,22)/i/hD. The summed E-state index contributed by atoms with van der Waals surface area (Å²) >= 11 is 0. The molecule has 0 saturated heterocycles. The fourth-order valence-electron chi connectivity index (χ4n) is 2.35. The van der Waals surface area contributed by atoms with Crippen LogP contribution in [0.25, 0.3) is 22.3 Å². The molecule has 0 unspecified atom stereocenters. The van der Waals surface area contributed by atoms with Crippen molar-refractivity contribution in [1.82, 2.24) is 20.2 Å². The Morgan fingerprint density at radius 2 is 1.70 bits per heavy atom. The molecule has 4 aromatic rings. The van der Waals surface area contributed by atoms with Crippen molar-refractivity contribution < 1.29 is 6.15 Å². The Kier molecular flexibility index (Phi) is 2.86. The first-order chi connectivity index (χ1) is 11.7. The van der Waals surface area contributed by atoms with E-state index in [4.69, 9.17) is 11.9 Å². The zero-order valence-electron chi connectivity index (χ0n) is 13.0. The Balaban J connectivity index is 1.71. The van der Waals surface area contributed by atoms with E-state index in [1.807, 2.05) is 54.6 Å². The van der Waals surface area contributed by atoms with Gasteiger partial charge in [-0.3, -0.25) is 5.09 Å². The van der Waals surface area contributed by atoms with Crippen LogP contribution in [0.3, 0.4) is 0 Å². The van der Waals surface area contributed by atoms with Gasteiger partial charge in [-0.05, 0) is 36.4 Å². The van der Waals surface area contributed by atoms with Crippen molar-refractivity contribution in [2.75, 3.05) is 5.73 Å². The number of H-pyrrole nitrogens is 1. The molecule has 0 amide bonds. The van der Waals surface area contributed by atoms with Crippen molar-refractivity contribution in [3.8, 4) is 22.8 Å². The van der Waals surface area contributed by atoms with E-state index >= 15 is 0 Å². The molecule has 0 spiro atoms. The van der Waals surface area contributed by atoms with Gasteiger partial charge in [-0.2, -0.15) is 5.10 Å². The molecule has 0 saturated carbocycles. The van der Waals surface area contributed by atoms with E-state index < -0.39 is 0 Å². The Morgan fingerprint density at radius 1 is 0.957 bits per heavy atom. The lowest BCUT2D eigenvalue weighted by molar-refractivity contribution is 0.483.